The van der Waals surface area contributed by atoms with E-state index in [1.165, 1.54) is 0 Å². The maximum atomic E-state index is 11.8. The molecule has 0 aromatic rings. The van der Waals surface area contributed by atoms with Gasteiger partial charge in [-0.15, -0.1) is 0 Å². The van der Waals surface area contributed by atoms with E-state index in [2.05, 4.69) is 31.3 Å². The van der Waals surface area contributed by atoms with Crippen LogP contribution in [0.4, 0.5) is 0 Å². The summed E-state index contributed by atoms with van der Waals surface area (Å²) in [6, 6.07) is -0.255. The second-order valence-electron chi connectivity index (χ2n) is 8.05. The van der Waals surface area contributed by atoms with Crippen molar-refractivity contribution in [3.63, 3.8) is 0 Å². The van der Waals surface area contributed by atoms with Crippen LogP contribution in [-0.4, -0.2) is 34.9 Å². The Morgan fingerprint density at radius 2 is 1.57 bits per heavy atom. The van der Waals surface area contributed by atoms with Crippen LogP contribution in [0.15, 0.2) is 71.4 Å². The number of carbonyl (C=O) groups is 1. The molecule has 0 radical (unpaired) electrons. The van der Waals surface area contributed by atoms with Crippen molar-refractivity contribution in [2.45, 2.75) is 67.0 Å². The van der Waals surface area contributed by atoms with Crippen LogP contribution in [-0.2, 0) is 4.79 Å². The van der Waals surface area contributed by atoms with Crippen LogP contribution in [0.25, 0.3) is 0 Å². The molecule has 0 unspecified atom stereocenters. The first-order valence-corrected chi connectivity index (χ1v) is 10.8. The minimum Gasteiger partial charge on any atom is -0.394 e. The van der Waals surface area contributed by atoms with Gasteiger partial charge in [-0.2, -0.15) is 0 Å². The molecule has 0 rings (SSSR count). The zero-order valence-corrected chi connectivity index (χ0v) is 19.7. The monoisotopic (exact) mass is 415 g/mol. The summed E-state index contributed by atoms with van der Waals surface area (Å²) < 4.78 is 0. The van der Waals surface area contributed by atoms with Crippen LogP contribution in [0.5, 0.6) is 0 Å². The second-order valence-corrected chi connectivity index (χ2v) is 8.05. The molecule has 0 aliphatic rings. The molecule has 1 amide bonds. The molecule has 0 spiro atoms. The van der Waals surface area contributed by atoms with Crippen molar-refractivity contribution in [3.8, 4) is 0 Å². The summed E-state index contributed by atoms with van der Waals surface area (Å²) in [5, 5.41) is 22.1. The Morgan fingerprint density at radius 1 is 0.967 bits per heavy atom. The van der Waals surface area contributed by atoms with Crippen molar-refractivity contribution in [1.82, 2.24) is 5.32 Å². The van der Waals surface area contributed by atoms with Gasteiger partial charge in [0.15, 0.2) is 0 Å². The number of allylic oxidation sites excluding steroid dienone is 9. The van der Waals surface area contributed by atoms with Crippen LogP contribution in [0.3, 0.4) is 0 Å². The van der Waals surface area contributed by atoms with Gasteiger partial charge in [-0.3, -0.25) is 4.79 Å². The fourth-order valence-electron chi connectivity index (χ4n) is 2.70. The average molecular weight is 416 g/mol. The van der Waals surface area contributed by atoms with E-state index in [4.69, 9.17) is 5.11 Å². The molecule has 0 saturated carbocycles. The van der Waals surface area contributed by atoms with Crippen LogP contribution in [0, 0.1) is 11.8 Å². The Balaban J connectivity index is 4.68. The Bertz CT molecular complexity index is 695. The van der Waals surface area contributed by atoms with Gasteiger partial charge in [0.05, 0.1) is 12.7 Å². The van der Waals surface area contributed by atoms with E-state index < -0.39 is 6.10 Å². The molecule has 0 heterocycles. The molecule has 30 heavy (non-hydrogen) atoms. The fraction of sp³-hybridized carbons (Fsp3) is 0.500. The molecule has 4 atom stereocenters. The maximum Gasteiger partial charge on any atom is 0.247 e. The molecule has 4 heteroatoms. The lowest BCUT2D eigenvalue weighted by atomic mass is 9.93. The van der Waals surface area contributed by atoms with Gasteiger partial charge >= 0.3 is 0 Å². The van der Waals surface area contributed by atoms with Crippen molar-refractivity contribution < 1.29 is 15.0 Å². The maximum absolute atomic E-state index is 11.8. The smallest absolute Gasteiger partial charge is 0.247 e. The van der Waals surface area contributed by atoms with Gasteiger partial charge in [-0.25, -0.2) is 0 Å². The minimum absolute atomic E-state index is 0.0478. The molecule has 0 aromatic carbocycles. The normalized spacial score (nSPS) is 18.2. The largest absolute Gasteiger partial charge is 0.394 e. The van der Waals surface area contributed by atoms with Gasteiger partial charge in [-0.1, -0.05) is 87.4 Å². The second kappa shape index (κ2) is 15.6. The van der Waals surface area contributed by atoms with E-state index in [0.717, 1.165) is 17.6 Å². The van der Waals surface area contributed by atoms with E-state index in [1.807, 2.05) is 51.2 Å². The van der Waals surface area contributed by atoms with Crippen molar-refractivity contribution in [3.05, 3.63) is 71.4 Å². The highest BCUT2D eigenvalue weighted by Gasteiger charge is 2.14. The Labute approximate surface area is 183 Å². The highest BCUT2D eigenvalue weighted by Crippen LogP contribution is 2.18. The van der Waals surface area contributed by atoms with Crippen molar-refractivity contribution >= 4 is 5.91 Å². The fourth-order valence-corrected chi connectivity index (χ4v) is 2.70. The summed E-state index contributed by atoms with van der Waals surface area (Å²) in [6.07, 6.45) is 18.0. The highest BCUT2D eigenvalue weighted by molar-refractivity contribution is 5.93. The number of rotatable bonds is 12. The summed E-state index contributed by atoms with van der Waals surface area (Å²) in [7, 11) is 0. The topological polar surface area (TPSA) is 69.6 Å². The van der Waals surface area contributed by atoms with Gasteiger partial charge in [0.1, 0.15) is 0 Å². The first-order chi connectivity index (χ1) is 14.1. The van der Waals surface area contributed by atoms with E-state index in [9.17, 15) is 9.90 Å². The standard InChI is InChI=1S/C26H41NO3/c1-8-19(2)16-22(5)25(29)23(6)17-20(3)14-12-10-9-11-13-15-21(4)26(30)27-24(7)18-28/h9-17,19,23-25,28-29H,8,18H2,1-7H3,(H,27,30)/b10-9-,13-11+,14-12+,20-17+,21-15+,22-16+/t19-,23+,24-,25+/m1/s1. The lowest BCUT2D eigenvalue weighted by Gasteiger charge is -2.18. The van der Waals surface area contributed by atoms with Crippen molar-refractivity contribution in [1.29, 1.82) is 0 Å². The van der Waals surface area contributed by atoms with E-state index in [1.54, 1.807) is 26.0 Å². The summed E-state index contributed by atoms with van der Waals surface area (Å²) in [4.78, 5) is 11.8. The summed E-state index contributed by atoms with van der Waals surface area (Å²) in [5.74, 6) is 0.343. The Hall–Kier alpha value is -2.17. The number of amides is 1. The number of nitrogens with one attached hydrogen (secondary N) is 1. The van der Waals surface area contributed by atoms with Gasteiger partial charge in [-0.05, 0) is 39.2 Å². The molecule has 0 aliphatic carbocycles. The summed E-state index contributed by atoms with van der Waals surface area (Å²) in [6.45, 7) is 13.8. The summed E-state index contributed by atoms with van der Waals surface area (Å²) >= 11 is 0. The lowest BCUT2D eigenvalue weighted by Crippen LogP contribution is -2.35. The Kier molecular flexibility index (Phi) is 14.5. The molecule has 0 aliphatic heterocycles. The van der Waals surface area contributed by atoms with Gasteiger partial charge in [0.25, 0.3) is 0 Å². The Morgan fingerprint density at radius 3 is 2.17 bits per heavy atom. The SMILES string of the molecule is CC[C@@H](C)/C=C(\C)[C@H](O)[C@@H](C)/C=C(C)/C=C/C=C\C=C\C=C(/C)C(=O)N[C@H](C)CO. The quantitative estimate of drug-likeness (QED) is 0.238. The first-order valence-electron chi connectivity index (χ1n) is 10.8. The third kappa shape index (κ3) is 12.4. The van der Waals surface area contributed by atoms with E-state index in [0.29, 0.717) is 11.5 Å². The zero-order chi connectivity index (χ0) is 23.1. The molecule has 0 aromatic heterocycles. The molecule has 4 nitrogen and oxygen atoms in total. The number of aliphatic hydroxyl groups excluding tert-OH is 2. The van der Waals surface area contributed by atoms with Crippen molar-refractivity contribution in [2.24, 2.45) is 11.8 Å². The van der Waals surface area contributed by atoms with Crippen molar-refractivity contribution in [2.75, 3.05) is 6.61 Å². The third-order valence-corrected chi connectivity index (χ3v) is 4.84. The average Bonchev–Trinajstić information content (AvgIpc) is 2.71. The van der Waals surface area contributed by atoms with E-state index in [-0.39, 0.29) is 24.5 Å². The number of hydrogen-bond acceptors (Lipinski definition) is 3. The first kappa shape index (κ1) is 27.8. The van der Waals surface area contributed by atoms with Crippen LogP contribution in [0.2, 0.25) is 0 Å². The number of carbonyl (C=O) groups excluding carboxylic acids is 1. The summed E-state index contributed by atoms with van der Waals surface area (Å²) in [5.41, 5.74) is 2.70. The number of aliphatic hydroxyl groups is 2. The van der Waals surface area contributed by atoms with Crippen LogP contribution >= 0.6 is 0 Å². The molecular formula is C26H41NO3. The molecule has 168 valence electrons. The van der Waals surface area contributed by atoms with Gasteiger partial charge in [0, 0.05) is 17.5 Å². The third-order valence-electron chi connectivity index (χ3n) is 4.84. The van der Waals surface area contributed by atoms with Gasteiger partial charge < -0.3 is 15.5 Å². The lowest BCUT2D eigenvalue weighted by molar-refractivity contribution is -0.118. The van der Waals surface area contributed by atoms with Gasteiger partial charge in [0.2, 0.25) is 5.91 Å². The molecule has 0 saturated heterocycles. The van der Waals surface area contributed by atoms with Crippen LogP contribution in [0.1, 0.15) is 54.9 Å². The van der Waals surface area contributed by atoms with Crippen LogP contribution < -0.4 is 5.32 Å². The molecule has 0 fully saturated rings. The highest BCUT2D eigenvalue weighted by atomic mass is 16.3. The molecule has 0 bridgehead atoms. The molecule has 3 N–H and O–H groups in total. The number of hydrogen-bond donors (Lipinski definition) is 3. The minimum atomic E-state index is -0.464. The predicted molar refractivity (Wildman–Crippen MR) is 128 cm³/mol. The van der Waals surface area contributed by atoms with E-state index >= 15 is 0 Å². The molecular weight excluding hydrogens is 374 g/mol. The zero-order valence-electron chi connectivity index (χ0n) is 19.7. The predicted octanol–water partition coefficient (Wildman–Crippen LogP) is 5.03.